The fraction of sp³-hybridized carbons (Fsp3) is 0.118. The normalized spacial score (nSPS) is 10.2. The van der Waals surface area contributed by atoms with E-state index in [-0.39, 0.29) is 6.54 Å². The first-order valence-corrected chi connectivity index (χ1v) is 7.65. The van der Waals surface area contributed by atoms with E-state index in [0.29, 0.717) is 12.4 Å². The summed E-state index contributed by atoms with van der Waals surface area (Å²) in [5, 5.41) is 16.7. The highest BCUT2D eigenvalue weighted by molar-refractivity contribution is 5.94. The highest BCUT2D eigenvalue weighted by Gasteiger charge is 2.11. The van der Waals surface area contributed by atoms with Crippen LogP contribution in [0.5, 0.6) is 0 Å². The van der Waals surface area contributed by atoms with Crippen molar-refractivity contribution >= 4 is 11.9 Å². The number of nitrogens with one attached hydrogen (secondary N) is 2. The third-order valence-electron chi connectivity index (χ3n) is 3.32. The maximum atomic E-state index is 11.9. The van der Waals surface area contributed by atoms with Gasteiger partial charge in [0.25, 0.3) is 5.91 Å². The molecule has 0 atom stereocenters. The van der Waals surface area contributed by atoms with E-state index in [1.54, 1.807) is 0 Å². The molecular weight excluding hydrogens is 320 g/mol. The van der Waals surface area contributed by atoms with E-state index in [2.05, 4.69) is 26.0 Å². The molecule has 0 spiro atoms. The number of hydrogen-bond donors (Lipinski definition) is 2. The number of imide groups is 1. The minimum absolute atomic E-state index is 0.196. The van der Waals surface area contributed by atoms with Gasteiger partial charge in [-0.25, -0.2) is 4.79 Å². The van der Waals surface area contributed by atoms with Gasteiger partial charge >= 0.3 is 6.03 Å². The Kier molecular flexibility index (Phi) is 5.10. The number of carbonyl (C=O) groups excluding carboxylic acids is 2. The van der Waals surface area contributed by atoms with Gasteiger partial charge in [-0.05, 0) is 10.8 Å². The second-order valence-electron chi connectivity index (χ2n) is 5.23. The number of nitrogens with zero attached hydrogens (tertiary/aromatic N) is 4. The van der Waals surface area contributed by atoms with Crippen molar-refractivity contribution in [2.75, 3.05) is 0 Å². The summed E-state index contributed by atoms with van der Waals surface area (Å²) in [6, 6.07) is 18.1. The average molecular weight is 336 g/mol. The lowest BCUT2D eigenvalue weighted by atomic mass is 10.2. The summed E-state index contributed by atoms with van der Waals surface area (Å²) < 4.78 is 0. The molecule has 0 saturated carbocycles. The predicted octanol–water partition coefficient (Wildman–Crippen LogP) is 1.37. The molecule has 2 aromatic carbocycles. The number of hydrogen-bond acceptors (Lipinski definition) is 5. The molecule has 0 unspecified atom stereocenters. The third-order valence-corrected chi connectivity index (χ3v) is 3.32. The summed E-state index contributed by atoms with van der Waals surface area (Å²) in [4.78, 5) is 24.8. The van der Waals surface area contributed by atoms with Gasteiger partial charge in [0.2, 0.25) is 5.82 Å². The van der Waals surface area contributed by atoms with Crippen molar-refractivity contribution < 1.29 is 9.59 Å². The molecule has 0 aliphatic carbocycles. The summed E-state index contributed by atoms with van der Waals surface area (Å²) in [7, 11) is 0. The van der Waals surface area contributed by atoms with Crippen LogP contribution in [0.1, 0.15) is 5.56 Å². The Balaban J connectivity index is 1.49. The van der Waals surface area contributed by atoms with Crippen LogP contribution in [0.4, 0.5) is 4.79 Å². The topological polar surface area (TPSA) is 102 Å². The first-order chi connectivity index (χ1) is 12.2. The monoisotopic (exact) mass is 336 g/mol. The zero-order valence-electron chi connectivity index (χ0n) is 13.3. The minimum Gasteiger partial charge on any atom is -0.334 e. The molecule has 3 amide bonds. The second-order valence-corrected chi connectivity index (χ2v) is 5.23. The van der Waals surface area contributed by atoms with Crippen molar-refractivity contribution in [3.63, 3.8) is 0 Å². The van der Waals surface area contributed by atoms with Crippen molar-refractivity contribution in [1.29, 1.82) is 0 Å². The van der Waals surface area contributed by atoms with Gasteiger partial charge < -0.3 is 5.32 Å². The molecule has 3 rings (SSSR count). The summed E-state index contributed by atoms with van der Waals surface area (Å²) in [6.45, 7) is 0.137. The standard InChI is InChI=1S/C17H16N6O2/c24-15(19-17(25)18-11-13-7-3-1-4-8-13)12-23-21-16(20-22-23)14-9-5-2-6-10-14/h1-10H,11-12H2,(H2,18,19,24,25). The van der Waals surface area contributed by atoms with Gasteiger partial charge in [-0.2, -0.15) is 4.80 Å². The Morgan fingerprint density at radius 3 is 2.36 bits per heavy atom. The Bertz CT molecular complexity index is 848. The van der Waals surface area contributed by atoms with E-state index in [9.17, 15) is 9.59 Å². The molecule has 2 N–H and O–H groups in total. The third kappa shape index (κ3) is 4.71. The summed E-state index contributed by atoms with van der Waals surface area (Å²) >= 11 is 0. The van der Waals surface area contributed by atoms with Gasteiger partial charge in [0, 0.05) is 12.1 Å². The molecule has 126 valence electrons. The summed E-state index contributed by atoms with van der Waals surface area (Å²) in [6.07, 6.45) is 0. The lowest BCUT2D eigenvalue weighted by Gasteiger charge is -2.06. The zero-order valence-corrected chi connectivity index (χ0v) is 13.3. The smallest absolute Gasteiger partial charge is 0.321 e. The lowest BCUT2D eigenvalue weighted by Crippen LogP contribution is -2.40. The number of urea groups is 1. The van der Waals surface area contributed by atoms with Crippen molar-refractivity contribution in [2.45, 2.75) is 13.1 Å². The van der Waals surface area contributed by atoms with Crippen molar-refractivity contribution in [2.24, 2.45) is 0 Å². The first-order valence-electron chi connectivity index (χ1n) is 7.65. The fourth-order valence-corrected chi connectivity index (χ4v) is 2.13. The van der Waals surface area contributed by atoms with Crippen LogP contribution < -0.4 is 10.6 Å². The van der Waals surface area contributed by atoms with E-state index in [0.717, 1.165) is 15.9 Å². The SMILES string of the molecule is O=C(Cn1nnc(-c2ccccc2)n1)NC(=O)NCc1ccccc1. The largest absolute Gasteiger partial charge is 0.334 e. The molecule has 3 aromatic rings. The number of aromatic nitrogens is 4. The van der Waals surface area contributed by atoms with Crippen LogP contribution in [0.3, 0.4) is 0 Å². The van der Waals surface area contributed by atoms with E-state index in [1.165, 1.54) is 0 Å². The highest BCUT2D eigenvalue weighted by atomic mass is 16.2. The van der Waals surface area contributed by atoms with Gasteiger partial charge in [0.05, 0.1) is 0 Å². The van der Waals surface area contributed by atoms with Crippen LogP contribution in [0, 0.1) is 0 Å². The molecular formula is C17H16N6O2. The first kappa shape index (κ1) is 16.3. The predicted molar refractivity (Wildman–Crippen MR) is 90.1 cm³/mol. The Morgan fingerprint density at radius 1 is 0.960 bits per heavy atom. The van der Waals surface area contributed by atoms with Crippen LogP contribution in [0.15, 0.2) is 60.7 Å². The quantitative estimate of drug-likeness (QED) is 0.732. The molecule has 8 heteroatoms. The van der Waals surface area contributed by atoms with Crippen LogP contribution in [0.2, 0.25) is 0 Å². The fourth-order valence-electron chi connectivity index (χ4n) is 2.13. The summed E-state index contributed by atoms with van der Waals surface area (Å²) in [5.41, 5.74) is 1.74. The Morgan fingerprint density at radius 2 is 1.64 bits per heavy atom. The second kappa shape index (κ2) is 7.82. The Hall–Kier alpha value is -3.55. The van der Waals surface area contributed by atoms with Crippen molar-refractivity contribution in [3.8, 4) is 11.4 Å². The van der Waals surface area contributed by atoms with Gasteiger partial charge in [-0.3, -0.25) is 10.1 Å². The van der Waals surface area contributed by atoms with Crippen LogP contribution in [-0.4, -0.2) is 32.1 Å². The number of benzene rings is 2. The molecule has 0 aliphatic rings. The van der Waals surface area contributed by atoms with Crippen LogP contribution in [-0.2, 0) is 17.9 Å². The average Bonchev–Trinajstić information content (AvgIpc) is 3.10. The summed E-state index contributed by atoms with van der Waals surface area (Å²) in [5.74, 6) is -0.107. The molecule has 25 heavy (non-hydrogen) atoms. The van der Waals surface area contributed by atoms with E-state index in [4.69, 9.17) is 0 Å². The molecule has 1 heterocycles. The van der Waals surface area contributed by atoms with Crippen molar-refractivity contribution in [3.05, 3.63) is 66.2 Å². The van der Waals surface area contributed by atoms with E-state index in [1.807, 2.05) is 60.7 Å². The maximum Gasteiger partial charge on any atom is 0.321 e. The molecule has 1 aromatic heterocycles. The maximum absolute atomic E-state index is 11.9. The highest BCUT2D eigenvalue weighted by Crippen LogP contribution is 2.11. The van der Waals surface area contributed by atoms with Gasteiger partial charge in [0.15, 0.2) is 0 Å². The van der Waals surface area contributed by atoms with E-state index >= 15 is 0 Å². The van der Waals surface area contributed by atoms with Crippen LogP contribution >= 0.6 is 0 Å². The number of amides is 3. The number of rotatable bonds is 5. The zero-order chi connectivity index (χ0) is 17.5. The van der Waals surface area contributed by atoms with Gasteiger partial charge in [-0.1, -0.05) is 60.7 Å². The van der Waals surface area contributed by atoms with Crippen molar-refractivity contribution in [1.82, 2.24) is 30.8 Å². The molecule has 0 bridgehead atoms. The molecule has 0 saturated heterocycles. The Labute approximate surface area is 143 Å². The van der Waals surface area contributed by atoms with Gasteiger partial charge in [0.1, 0.15) is 6.54 Å². The van der Waals surface area contributed by atoms with E-state index < -0.39 is 11.9 Å². The number of carbonyl (C=O) groups is 2. The number of tetrazole rings is 1. The molecule has 0 aliphatic heterocycles. The molecule has 8 nitrogen and oxygen atoms in total. The van der Waals surface area contributed by atoms with Gasteiger partial charge in [-0.15, -0.1) is 10.2 Å². The molecule has 0 radical (unpaired) electrons. The van der Waals surface area contributed by atoms with Crippen LogP contribution in [0.25, 0.3) is 11.4 Å². The lowest BCUT2D eigenvalue weighted by molar-refractivity contribution is -0.121. The molecule has 0 fully saturated rings. The minimum atomic E-state index is -0.572.